The fourth-order valence-corrected chi connectivity index (χ4v) is 2.31. The minimum absolute atomic E-state index is 0.0843. The first kappa shape index (κ1) is 18.0. The van der Waals surface area contributed by atoms with Gasteiger partial charge in [-0.3, -0.25) is 4.79 Å². The lowest BCUT2D eigenvalue weighted by Gasteiger charge is -2.21. The van der Waals surface area contributed by atoms with Crippen LogP contribution in [0.15, 0.2) is 24.3 Å². The minimum atomic E-state index is -0.843. The molecule has 0 saturated carbocycles. The molecule has 8 heteroatoms. The Balaban J connectivity index is 2.16. The highest BCUT2D eigenvalue weighted by atomic mass is 19.1. The quantitative estimate of drug-likeness (QED) is 0.699. The number of hydrogen-bond acceptors (Lipinski definition) is 5. The predicted octanol–water partition coefficient (Wildman–Crippen LogP) is 0.967. The molecule has 2 aromatic rings. The molecule has 0 aliphatic rings. The normalized spacial score (nSPS) is 13.5. The highest BCUT2D eigenvalue weighted by molar-refractivity contribution is 5.90. The van der Waals surface area contributed by atoms with E-state index in [9.17, 15) is 19.4 Å². The van der Waals surface area contributed by atoms with E-state index < -0.39 is 18.1 Å². The van der Waals surface area contributed by atoms with Crippen LogP contribution in [0.4, 0.5) is 4.39 Å². The molecule has 2 unspecified atom stereocenters. The number of hydrogen-bond donors (Lipinski definition) is 3. The molecule has 1 amide bonds. The summed E-state index contributed by atoms with van der Waals surface area (Å²) >= 11 is 0. The third-order valence-corrected chi connectivity index (χ3v) is 3.61. The van der Waals surface area contributed by atoms with Crippen LogP contribution >= 0.6 is 0 Å². The molecule has 0 radical (unpaired) electrons. The summed E-state index contributed by atoms with van der Waals surface area (Å²) < 4.78 is 14.4. The molecule has 1 heterocycles. The molecule has 0 fully saturated rings. The third kappa shape index (κ3) is 4.15. The van der Waals surface area contributed by atoms with E-state index in [1.54, 1.807) is 6.92 Å². The van der Waals surface area contributed by atoms with Crippen LogP contribution in [0.1, 0.15) is 36.2 Å². The second kappa shape index (κ2) is 7.98. The van der Waals surface area contributed by atoms with Crippen molar-refractivity contribution in [2.45, 2.75) is 38.8 Å². The Hall–Kier alpha value is -2.32. The van der Waals surface area contributed by atoms with E-state index >= 15 is 0 Å². The number of aryl methyl sites for hydroxylation is 1. The molecule has 2 atom stereocenters. The van der Waals surface area contributed by atoms with Crippen molar-refractivity contribution in [2.75, 3.05) is 6.61 Å². The summed E-state index contributed by atoms with van der Waals surface area (Å²) in [7, 11) is 0. The molecule has 24 heavy (non-hydrogen) atoms. The number of benzene rings is 1. The number of aliphatic hydroxyl groups is 2. The summed E-state index contributed by atoms with van der Waals surface area (Å²) in [5.74, 6) is -0.585. The van der Waals surface area contributed by atoms with E-state index in [0.717, 1.165) is 6.42 Å². The maximum atomic E-state index is 13.0. The number of carbonyl (C=O) groups is 1. The summed E-state index contributed by atoms with van der Waals surface area (Å²) in [5.41, 5.74) is 0.574. The lowest BCUT2D eigenvalue weighted by atomic mass is 10.1. The zero-order valence-corrected chi connectivity index (χ0v) is 13.6. The van der Waals surface area contributed by atoms with Gasteiger partial charge in [-0.05, 0) is 37.6 Å². The van der Waals surface area contributed by atoms with Gasteiger partial charge in [0.25, 0.3) is 5.91 Å². The number of amides is 1. The van der Waals surface area contributed by atoms with Gasteiger partial charge in [0.05, 0.1) is 24.4 Å². The summed E-state index contributed by atoms with van der Waals surface area (Å²) in [4.78, 5) is 16.3. The van der Waals surface area contributed by atoms with Crippen LogP contribution in [0.25, 0.3) is 5.69 Å². The summed E-state index contributed by atoms with van der Waals surface area (Å²) in [6.07, 6.45) is 0.343. The number of halogens is 1. The molecule has 1 aromatic carbocycles. The topological polar surface area (TPSA) is 100 Å². The number of aromatic nitrogens is 3. The summed E-state index contributed by atoms with van der Waals surface area (Å²) in [5, 5.41) is 25.9. The molecule has 2 rings (SSSR count). The van der Waals surface area contributed by atoms with Gasteiger partial charge in [-0.25, -0.2) is 14.1 Å². The summed E-state index contributed by atoms with van der Waals surface area (Å²) in [6, 6.07) is 4.86. The Bertz CT molecular complexity index is 687. The van der Waals surface area contributed by atoms with Crippen molar-refractivity contribution in [3.63, 3.8) is 0 Å². The largest absolute Gasteiger partial charge is 0.394 e. The van der Waals surface area contributed by atoms with Crippen LogP contribution in [0.5, 0.6) is 0 Å². The van der Waals surface area contributed by atoms with Gasteiger partial charge in [-0.15, -0.1) is 5.10 Å². The molecule has 0 aliphatic carbocycles. The standard InChI is InChI=1S/C16H21FN4O3/c1-3-4-14(23)13(9-22)19-16(24)15-18-10(2)21(20-15)12-7-5-11(17)6-8-12/h5-8,13-14,22-23H,3-4,9H2,1-2H3,(H,19,24). The average molecular weight is 336 g/mol. The van der Waals surface area contributed by atoms with E-state index in [1.165, 1.54) is 28.9 Å². The zero-order valence-electron chi connectivity index (χ0n) is 13.6. The second-order valence-corrected chi connectivity index (χ2v) is 5.49. The highest BCUT2D eigenvalue weighted by Gasteiger charge is 2.23. The van der Waals surface area contributed by atoms with Crippen molar-refractivity contribution < 1.29 is 19.4 Å². The van der Waals surface area contributed by atoms with E-state index in [1.807, 2.05) is 6.92 Å². The van der Waals surface area contributed by atoms with Gasteiger partial charge >= 0.3 is 0 Å². The number of rotatable bonds is 7. The molecule has 0 bridgehead atoms. The van der Waals surface area contributed by atoms with Crippen LogP contribution in [0.3, 0.4) is 0 Å². The Labute approximate surface area is 139 Å². The monoisotopic (exact) mass is 336 g/mol. The number of nitrogens with one attached hydrogen (secondary N) is 1. The molecule has 130 valence electrons. The first-order valence-electron chi connectivity index (χ1n) is 7.75. The molecule has 0 spiro atoms. The van der Waals surface area contributed by atoms with Crippen LogP contribution in [0, 0.1) is 12.7 Å². The Morgan fingerprint density at radius 1 is 1.38 bits per heavy atom. The van der Waals surface area contributed by atoms with E-state index in [4.69, 9.17) is 0 Å². The van der Waals surface area contributed by atoms with Crippen LogP contribution < -0.4 is 5.32 Å². The van der Waals surface area contributed by atoms with Gasteiger partial charge in [-0.1, -0.05) is 13.3 Å². The zero-order chi connectivity index (χ0) is 17.7. The molecule has 0 saturated heterocycles. The third-order valence-electron chi connectivity index (χ3n) is 3.61. The fraction of sp³-hybridized carbons (Fsp3) is 0.438. The van der Waals surface area contributed by atoms with Crippen LogP contribution in [0.2, 0.25) is 0 Å². The number of nitrogens with zero attached hydrogens (tertiary/aromatic N) is 3. The molecule has 3 N–H and O–H groups in total. The first-order valence-corrected chi connectivity index (χ1v) is 7.75. The van der Waals surface area contributed by atoms with E-state index in [0.29, 0.717) is 17.9 Å². The average Bonchev–Trinajstić information content (AvgIpc) is 2.95. The minimum Gasteiger partial charge on any atom is -0.394 e. The number of aliphatic hydroxyl groups excluding tert-OH is 2. The fourth-order valence-electron chi connectivity index (χ4n) is 2.31. The van der Waals surface area contributed by atoms with Crippen molar-refractivity contribution in [1.29, 1.82) is 0 Å². The van der Waals surface area contributed by atoms with Gasteiger partial charge in [0.15, 0.2) is 0 Å². The van der Waals surface area contributed by atoms with Crippen LogP contribution in [-0.4, -0.2) is 49.6 Å². The highest BCUT2D eigenvalue weighted by Crippen LogP contribution is 2.11. The van der Waals surface area contributed by atoms with Gasteiger partial charge in [0.1, 0.15) is 11.6 Å². The van der Waals surface area contributed by atoms with Crippen molar-refractivity contribution >= 4 is 5.91 Å². The van der Waals surface area contributed by atoms with E-state index in [2.05, 4.69) is 15.4 Å². The summed E-state index contributed by atoms with van der Waals surface area (Å²) in [6.45, 7) is 3.18. The Morgan fingerprint density at radius 2 is 2.04 bits per heavy atom. The van der Waals surface area contributed by atoms with Gasteiger partial charge in [-0.2, -0.15) is 0 Å². The Kier molecular flexibility index (Phi) is 5.99. The first-order chi connectivity index (χ1) is 11.5. The molecule has 7 nitrogen and oxygen atoms in total. The van der Waals surface area contributed by atoms with E-state index in [-0.39, 0.29) is 18.2 Å². The van der Waals surface area contributed by atoms with Crippen molar-refractivity contribution in [3.05, 3.63) is 41.7 Å². The maximum Gasteiger partial charge on any atom is 0.291 e. The lowest BCUT2D eigenvalue weighted by molar-refractivity contribution is 0.0663. The van der Waals surface area contributed by atoms with Gasteiger partial charge in [0.2, 0.25) is 5.82 Å². The predicted molar refractivity (Wildman–Crippen MR) is 85.3 cm³/mol. The SMILES string of the molecule is CCCC(O)C(CO)NC(=O)c1nc(C)n(-c2ccc(F)cc2)n1. The van der Waals surface area contributed by atoms with Crippen molar-refractivity contribution in [3.8, 4) is 5.69 Å². The molecule has 0 aliphatic heterocycles. The molecular formula is C16H21FN4O3. The van der Waals surface area contributed by atoms with Crippen LogP contribution in [-0.2, 0) is 0 Å². The van der Waals surface area contributed by atoms with Crippen molar-refractivity contribution in [1.82, 2.24) is 20.1 Å². The number of carbonyl (C=O) groups excluding carboxylic acids is 1. The Morgan fingerprint density at radius 3 is 2.62 bits per heavy atom. The smallest absolute Gasteiger partial charge is 0.291 e. The molecular weight excluding hydrogens is 315 g/mol. The maximum absolute atomic E-state index is 13.0. The second-order valence-electron chi connectivity index (χ2n) is 5.49. The van der Waals surface area contributed by atoms with Gasteiger partial charge < -0.3 is 15.5 Å². The lowest BCUT2D eigenvalue weighted by Crippen LogP contribution is -2.46. The van der Waals surface area contributed by atoms with Gasteiger partial charge in [0, 0.05) is 0 Å². The van der Waals surface area contributed by atoms with Crippen molar-refractivity contribution in [2.24, 2.45) is 0 Å². The molecule has 1 aromatic heterocycles.